The number of ether oxygens (including phenoxy) is 3. The highest BCUT2D eigenvalue weighted by molar-refractivity contribution is 14.1. The number of halogens is 1. The monoisotopic (exact) mass is 483 g/mol. The Balaban J connectivity index is 1.75. The van der Waals surface area contributed by atoms with Crippen molar-refractivity contribution in [1.29, 1.82) is 0 Å². The summed E-state index contributed by atoms with van der Waals surface area (Å²) in [5.41, 5.74) is 1.52. The van der Waals surface area contributed by atoms with Crippen molar-refractivity contribution in [2.45, 2.75) is 6.54 Å². The average molecular weight is 483 g/mol. The molecule has 0 atom stereocenters. The normalized spacial score (nSPS) is 14.0. The highest BCUT2D eigenvalue weighted by Crippen LogP contribution is 2.31. The Bertz CT molecular complexity index is 810. The zero-order valence-corrected chi connectivity index (χ0v) is 17.5. The molecule has 1 aromatic carbocycles. The van der Waals surface area contributed by atoms with Crippen molar-refractivity contribution in [2.24, 2.45) is 0 Å². The highest BCUT2D eigenvalue weighted by Gasteiger charge is 2.18. The summed E-state index contributed by atoms with van der Waals surface area (Å²) in [6.45, 7) is 3.36. The van der Waals surface area contributed by atoms with E-state index in [2.05, 4.69) is 37.8 Å². The smallest absolute Gasteiger partial charge is 0.252 e. The van der Waals surface area contributed by atoms with Gasteiger partial charge in [-0.1, -0.05) is 6.07 Å². The van der Waals surface area contributed by atoms with Gasteiger partial charge in [-0.2, -0.15) is 0 Å². The van der Waals surface area contributed by atoms with Crippen molar-refractivity contribution < 1.29 is 19.0 Å². The van der Waals surface area contributed by atoms with Crippen molar-refractivity contribution in [3.63, 3.8) is 0 Å². The molecular weight excluding hydrogens is 461 g/mol. The molecule has 7 nitrogen and oxygen atoms in total. The molecule has 2 heterocycles. The standard InChI is InChI=1S/C19H22IN3O4/c1-25-16-10-14(15(20)11-17(16)26-2)19(24)22-12-13-4-3-5-21-18(13)23-6-8-27-9-7-23/h3-5,10-11H,6-9,12H2,1-2H3,(H,22,24). The van der Waals surface area contributed by atoms with E-state index < -0.39 is 0 Å². The minimum Gasteiger partial charge on any atom is -0.493 e. The van der Waals surface area contributed by atoms with Crippen molar-refractivity contribution in [3.05, 3.63) is 45.2 Å². The first-order chi connectivity index (χ1) is 13.1. The van der Waals surface area contributed by atoms with Crippen LogP contribution in [0.1, 0.15) is 15.9 Å². The molecule has 0 radical (unpaired) electrons. The molecule has 2 aromatic rings. The van der Waals surface area contributed by atoms with Crippen LogP contribution in [-0.4, -0.2) is 51.4 Å². The first-order valence-electron chi connectivity index (χ1n) is 8.60. The molecule has 1 N–H and O–H groups in total. The van der Waals surface area contributed by atoms with E-state index in [-0.39, 0.29) is 5.91 Å². The molecule has 8 heteroatoms. The maximum absolute atomic E-state index is 12.7. The van der Waals surface area contributed by atoms with Crippen LogP contribution >= 0.6 is 22.6 Å². The third-order valence-electron chi connectivity index (χ3n) is 4.34. The number of morpholine rings is 1. The van der Waals surface area contributed by atoms with Gasteiger partial charge in [-0.25, -0.2) is 4.98 Å². The Labute approximate surface area is 172 Å². The van der Waals surface area contributed by atoms with Gasteiger partial charge in [-0.15, -0.1) is 0 Å². The molecule has 0 spiro atoms. The summed E-state index contributed by atoms with van der Waals surface area (Å²) < 4.78 is 16.8. The second kappa shape index (κ2) is 9.23. The lowest BCUT2D eigenvalue weighted by atomic mass is 10.1. The van der Waals surface area contributed by atoms with Crippen LogP contribution in [0.5, 0.6) is 11.5 Å². The van der Waals surface area contributed by atoms with Crippen LogP contribution in [0, 0.1) is 3.57 Å². The van der Waals surface area contributed by atoms with Gasteiger partial charge in [-0.05, 0) is 40.8 Å². The number of hydrogen-bond donors (Lipinski definition) is 1. The predicted molar refractivity (Wildman–Crippen MR) is 111 cm³/mol. The van der Waals surface area contributed by atoms with Crippen LogP contribution in [-0.2, 0) is 11.3 Å². The Morgan fingerprint density at radius 2 is 1.96 bits per heavy atom. The number of nitrogens with zero attached hydrogens (tertiary/aromatic N) is 2. The number of carbonyl (C=O) groups excluding carboxylic acids is 1. The Morgan fingerprint density at radius 1 is 1.26 bits per heavy atom. The van der Waals surface area contributed by atoms with Gasteiger partial charge in [0.1, 0.15) is 5.82 Å². The third-order valence-corrected chi connectivity index (χ3v) is 5.23. The van der Waals surface area contributed by atoms with Crippen LogP contribution in [0.4, 0.5) is 5.82 Å². The van der Waals surface area contributed by atoms with E-state index in [1.807, 2.05) is 12.1 Å². The number of benzene rings is 1. The zero-order valence-electron chi connectivity index (χ0n) is 15.3. The van der Waals surface area contributed by atoms with E-state index >= 15 is 0 Å². The number of anilines is 1. The topological polar surface area (TPSA) is 72.9 Å². The molecule has 1 aromatic heterocycles. The van der Waals surface area contributed by atoms with Gasteiger partial charge in [0.2, 0.25) is 0 Å². The number of carbonyl (C=O) groups is 1. The van der Waals surface area contributed by atoms with Crippen LogP contribution in [0.25, 0.3) is 0 Å². The summed E-state index contributed by atoms with van der Waals surface area (Å²) in [7, 11) is 3.12. The maximum Gasteiger partial charge on any atom is 0.252 e. The lowest BCUT2D eigenvalue weighted by Crippen LogP contribution is -2.37. The summed E-state index contributed by atoms with van der Waals surface area (Å²) >= 11 is 2.12. The largest absolute Gasteiger partial charge is 0.493 e. The Hall–Kier alpha value is -2.07. The highest BCUT2D eigenvalue weighted by atomic mass is 127. The van der Waals surface area contributed by atoms with Gasteiger partial charge in [0, 0.05) is 35.0 Å². The van der Waals surface area contributed by atoms with Crippen molar-refractivity contribution in [2.75, 3.05) is 45.4 Å². The van der Waals surface area contributed by atoms with Crippen molar-refractivity contribution in [3.8, 4) is 11.5 Å². The van der Waals surface area contributed by atoms with Gasteiger partial charge >= 0.3 is 0 Å². The number of methoxy groups -OCH3 is 2. The first-order valence-corrected chi connectivity index (χ1v) is 9.68. The average Bonchev–Trinajstić information content (AvgIpc) is 2.72. The molecule has 1 amide bonds. The summed E-state index contributed by atoms with van der Waals surface area (Å²) in [5, 5.41) is 2.99. The number of rotatable bonds is 6. The van der Waals surface area contributed by atoms with Crippen LogP contribution < -0.4 is 19.7 Å². The quantitative estimate of drug-likeness (QED) is 0.637. The van der Waals surface area contributed by atoms with E-state index in [4.69, 9.17) is 14.2 Å². The number of nitrogens with one attached hydrogen (secondary N) is 1. The predicted octanol–water partition coefficient (Wildman–Crippen LogP) is 2.47. The van der Waals surface area contributed by atoms with Crippen molar-refractivity contribution in [1.82, 2.24) is 10.3 Å². The number of hydrogen-bond acceptors (Lipinski definition) is 6. The molecular formula is C19H22IN3O4. The second-order valence-electron chi connectivity index (χ2n) is 5.96. The lowest BCUT2D eigenvalue weighted by molar-refractivity contribution is 0.0949. The molecule has 1 aliphatic rings. The molecule has 1 saturated heterocycles. The second-order valence-corrected chi connectivity index (χ2v) is 7.12. The van der Waals surface area contributed by atoms with E-state index in [9.17, 15) is 4.79 Å². The number of pyridine rings is 1. The van der Waals surface area contributed by atoms with Gasteiger partial charge in [0.05, 0.1) is 33.0 Å². The first kappa shape index (κ1) is 19.7. The fourth-order valence-corrected chi connectivity index (χ4v) is 3.61. The Kier molecular flexibility index (Phi) is 6.73. The molecule has 0 aliphatic carbocycles. The van der Waals surface area contributed by atoms with E-state index in [1.54, 1.807) is 32.5 Å². The van der Waals surface area contributed by atoms with Crippen LogP contribution in [0.2, 0.25) is 0 Å². The van der Waals surface area contributed by atoms with Gasteiger partial charge in [-0.3, -0.25) is 4.79 Å². The third kappa shape index (κ3) is 4.62. The molecule has 0 saturated carbocycles. The number of amides is 1. The minimum absolute atomic E-state index is 0.169. The minimum atomic E-state index is -0.169. The maximum atomic E-state index is 12.7. The molecule has 3 rings (SSSR count). The van der Waals surface area contributed by atoms with Crippen molar-refractivity contribution >= 4 is 34.3 Å². The molecule has 0 unspecified atom stereocenters. The van der Waals surface area contributed by atoms with Crippen LogP contribution in [0.15, 0.2) is 30.5 Å². The fraction of sp³-hybridized carbons (Fsp3) is 0.368. The molecule has 144 valence electrons. The van der Waals surface area contributed by atoms with E-state index in [0.29, 0.717) is 36.8 Å². The summed E-state index contributed by atoms with van der Waals surface area (Å²) in [4.78, 5) is 19.4. The molecule has 0 bridgehead atoms. The Morgan fingerprint density at radius 3 is 2.67 bits per heavy atom. The molecule has 1 aliphatic heterocycles. The summed E-state index contributed by atoms with van der Waals surface area (Å²) in [5.74, 6) is 1.85. The van der Waals surface area contributed by atoms with Gasteiger partial charge < -0.3 is 24.4 Å². The molecule has 1 fully saturated rings. The summed E-state index contributed by atoms with van der Waals surface area (Å²) in [6.07, 6.45) is 1.77. The van der Waals surface area contributed by atoms with Gasteiger partial charge in [0.25, 0.3) is 5.91 Å². The van der Waals surface area contributed by atoms with E-state index in [1.165, 1.54) is 0 Å². The zero-order chi connectivity index (χ0) is 19.2. The fourth-order valence-electron chi connectivity index (χ4n) is 2.93. The SMILES string of the molecule is COc1cc(I)c(C(=O)NCc2cccnc2N2CCOCC2)cc1OC. The number of aromatic nitrogens is 1. The summed E-state index contributed by atoms with van der Waals surface area (Å²) in [6, 6.07) is 7.35. The molecule has 27 heavy (non-hydrogen) atoms. The van der Waals surface area contributed by atoms with Gasteiger partial charge in [0.15, 0.2) is 11.5 Å². The van der Waals surface area contributed by atoms with E-state index in [0.717, 1.165) is 28.0 Å². The lowest BCUT2D eigenvalue weighted by Gasteiger charge is -2.29. The van der Waals surface area contributed by atoms with Crippen LogP contribution in [0.3, 0.4) is 0 Å².